The van der Waals surface area contributed by atoms with Gasteiger partial charge in [0.15, 0.2) is 9.84 Å². The average Bonchev–Trinajstić information content (AvgIpc) is 2.39. The lowest BCUT2D eigenvalue weighted by molar-refractivity contribution is 0.199. The lowest BCUT2D eigenvalue weighted by atomic mass is 10.0. The van der Waals surface area contributed by atoms with Crippen LogP contribution < -0.4 is 5.32 Å². The van der Waals surface area contributed by atoms with E-state index in [0.29, 0.717) is 13.0 Å². The van der Waals surface area contributed by atoms with E-state index >= 15 is 0 Å². The van der Waals surface area contributed by atoms with Crippen LogP contribution in [-0.2, 0) is 14.6 Å². The third-order valence-corrected chi connectivity index (χ3v) is 5.26. The molecule has 0 bridgehead atoms. The molecule has 1 aromatic carbocycles. The highest BCUT2D eigenvalue weighted by atomic mass is 32.2. The monoisotopic (exact) mass is 299 g/mol. The van der Waals surface area contributed by atoms with Crippen molar-refractivity contribution < 1.29 is 13.2 Å². The Bertz CT molecular complexity index is 526. The van der Waals surface area contributed by atoms with Crippen molar-refractivity contribution in [2.45, 2.75) is 26.3 Å². The maximum Gasteiger partial charge on any atom is 0.152 e. The predicted molar refractivity (Wildman–Crippen MR) is 82.9 cm³/mol. The van der Waals surface area contributed by atoms with Crippen LogP contribution in [0.3, 0.4) is 0 Å². The van der Waals surface area contributed by atoms with Gasteiger partial charge in [0.05, 0.1) is 11.5 Å². The minimum absolute atomic E-state index is 0.121. The van der Waals surface area contributed by atoms with Gasteiger partial charge in [-0.25, -0.2) is 8.42 Å². The van der Waals surface area contributed by atoms with Gasteiger partial charge in [-0.1, -0.05) is 18.2 Å². The van der Waals surface area contributed by atoms with Crippen LogP contribution in [0.15, 0.2) is 18.2 Å². The normalized spacial score (nSPS) is 13.4. The van der Waals surface area contributed by atoms with Gasteiger partial charge < -0.3 is 10.1 Å². The van der Waals surface area contributed by atoms with E-state index in [4.69, 9.17) is 4.74 Å². The van der Waals surface area contributed by atoms with Crippen LogP contribution in [0.1, 0.15) is 29.2 Å². The maximum atomic E-state index is 12.1. The van der Waals surface area contributed by atoms with Crippen molar-refractivity contribution in [2.24, 2.45) is 0 Å². The first-order valence-electron chi connectivity index (χ1n) is 6.83. The van der Waals surface area contributed by atoms with Gasteiger partial charge in [-0.15, -0.1) is 0 Å². The summed E-state index contributed by atoms with van der Waals surface area (Å²) in [5.41, 5.74) is 3.41. The van der Waals surface area contributed by atoms with E-state index in [2.05, 4.69) is 18.3 Å². The molecule has 1 atom stereocenters. The summed E-state index contributed by atoms with van der Waals surface area (Å²) in [5.74, 6) is 0.291. The van der Waals surface area contributed by atoms with Crippen LogP contribution in [0, 0.1) is 13.8 Å². The Morgan fingerprint density at radius 3 is 2.50 bits per heavy atom. The quantitative estimate of drug-likeness (QED) is 0.746. The van der Waals surface area contributed by atoms with Crippen molar-refractivity contribution in [3.63, 3.8) is 0 Å². The van der Waals surface area contributed by atoms with E-state index in [-0.39, 0.29) is 17.5 Å². The molecule has 20 heavy (non-hydrogen) atoms. The minimum atomic E-state index is -3.08. The second-order valence-corrected chi connectivity index (χ2v) is 7.37. The molecule has 0 amide bonds. The van der Waals surface area contributed by atoms with Crippen molar-refractivity contribution in [2.75, 3.05) is 32.3 Å². The Kier molecular flexibility index (Phi) is 6.65. The molecule has 0 aliphatic rings. The number of nitrogens with one attached hydrogen (secondary N) is 1. The molecular weight excluding hydrogens is 274 g/mol. The van der Waals surface area contributed by atoms with E-state index < -0.39 is 9.84 Å². The summed E-state index contributed by atoms with van der Waals surface area (Å²) in [4.78, 5) is 0. The van der Waals surface area contributed by atoms with Crippen molar-refractivity contribution in [3.8, 4) is 0 Å². The smallest absolute Gasteiger partial charge is 0.152 e. The second-order valence-electron chi connectivity index (χ2n) is 5.15. The third-order valence-electron chi connectivity index (χ3n) is 3.51. The molecule has 0 radical (unpaired) electrons. The Hall–Kier alpha value is -0.910. The highest BCUT2D eigenvalue weighted by Gasteiger charge is 2.19. The molecule has 1 N–H and O–H groups in total. The molecule has 114 valence electrons. The summed E-state index contributed by atoms with van der Waals surface area (Å²) in [7, 11) is 0.299. The molecule has 0 aliphatic carbocycles. The highest BCUT2D eigenvalue weighted by Crippen LogP contribution is 2.19. The first-order chi connectivity index (χ1) is 9.39. The molecule has 0 heterocycles. The summed E-state index contributed by atoms with van der Waals surface area (Å²) in [6.07, 6.45) is 0.544. The van der Waals surface area contributed by atoms with Gasteiger partial charge >= 0.3 is 0 Å². The number of rotatable bonds is 8. The molecular formula is C15H25NO3S. The standard InChI is InChI=1S/C15H25NO3S/c1-12-6-7-14(10-13(12)2)15(16-3)11-20(17,18)9-5-8-19-4/h6-7,10,15-16H,5,8-9,11H2,1-4H3. The summed E-state index contributed by atoms with van der Waals surface area (Å²) in [5, 5.41) is 3.10. The molecule has 0 fully saturated rings. The zero-order valence-electron chi connectivity index (χ0n) is 12.8. The second kappa shape index (κ2) is 7.76. The van der Waals surface area contributed by atoms with E-state index in [1.807, 2.05) is 19.1 Å². The summed E-state index contributed by atoms with van der Waals surface area (Å²) >= 11 is 0. The number of hydrogen-bond donors (Lipinski definition) is 1. The summed E-state index contributed by atoms with van der Waals surface area (Å²) < 4.78 is 29.1. The number of aryl methyl sites for hydroxylation is 2. The lowest BCUT2D eigenvalue weighted by Gasteiger charge is -2.18. The first kappa shape index (κ1) is 17.1. The van der Waals surface area contributed by atoms with E-state index in [1.54, 1.807) is 14.2 Å². The SMILES string of the molecule is CNC(CS(=O)(=O)CCCOC)c1ccc(C)c(C)c1. The van der Waals surface area contributed by atoms with Crippen LogP contribution in [0.5, 0.6) is 0 Å². The van der Waals surface area contributed by atoms with Crippen molar-refractivity contribution in [3.05, 3.63) is 34.9 Å². The topological polar surface area (TPSA) is 55.4 Å². The molecule has 0 aliphatic heterocycles. The molecule has 0 saturated carbocycles. The first-order valence-corrected chi connectivity index (χ1v) is 8.65. The van der Waals surface area contributed by atoms with Crippen LogP contribution in [0.25, 0.3) is 0 Å². The average molecular weight is 299 g/mol. The van der Waals surface area contributed by atoms with Crippen LogP contribution >= 0.6 is 0 Å². The number of methoxy groups -OCH3 is 1. The summed E-state index contributed by atoms with van der Waals surface area (Å²) in [6.45, 7) is 4.57. The van der Waals surface area contributed by atoms with Gasteiger partial charge in [0, 0.05) is 19.8 Å². The molecule has 0 saturated heterocycles. The molecule has 1 unspecified atom stereocenters. The number of sulfone groups is 1. The van der Waals surface area contributed by atoms with Gasteiger partial charge in [0.1, 0.15) is 0 Å². The largest absolute Gasteiger partial charge is 0.385 e. The van der Waals surface area contributed by atoms with Crippen molar-refractivity contribution in [1.82, 2.24) is 5.32 Å². The lowest BCUT2D eigenvalue weighted by Crippen LogP contribution is -2.27. The fourth-order valence-electron chi connectivity index (χ4n) is 2.09. The van der Waals surface area contributed by atoms with Crippen LogP contribution in [-0.4, -0.2) is 40.7 Å². The molecule has 4 nitrogen and oxygen atoms in total. The van der Waals surface area contributed by atoms with Gasteiger partial charge in [-0.05, 0) is 44.0 Å². The van der Waals surface area contributed by atoms with Gasteiger partial charge in [-0.3, -0.25) is 0 Å². The number of ether oxygens (including phenoxy) is 1. The zero-order valence-corrected chi connectivity index (χ0v) is 13.6. The van der Waals surface area contributed by atoms with Crippen molar-refractivity contribution in [1.29, 1.82) is 0 Å². The van der Waals surface area contributed by atoms with Crippen LogP contribution in [0.4, 0.5) is 0 Å². The predicted octanol–water partition coefficient (Wildman–Crippen LogP) is 2.02. The fraction of sp³-hybridized carbons (Fsp3) is 0.600. The fourth-order valence-corrected chi connectivity index (χ4v) is 3.68. The number of benzene rings is 1. The molecule has 1 rings (SSSR count). The maximum absolute atomic E-state index is 12.1. The number of hydrogen-bond acceptors (Lipinski definition) is 4. The zero-order chi connectivity index (χ0) is 15.2. The van der Waals surface area contributed by atoms with Gasteiger partial charge in [0.25, 0.3) is 0 Å². The van der Waals surface area contributed by atoms with E-state index in [0.717, 1.165) is 5.56 Å². The van der Waals surface area contributed by atoms with E-state index in [1.165, 1.54) is 11.1 Å². The summed E-state index contributed by atoms with van der Waals surface area (Å²) in [6, 6.07) is 5.92. The van der Waals surface area contributed by atoms with Gasteiger partial charge in [-0.2, -0.15) is 0 Å². The third kappa shape index (κ3) is 5.23. The Morgan fingerprint density at radius 1 is 1.25 bits per heavy atom. The van der Waals surface area contributed by atoms with Crippen LogP contribution in [0.2, 0.25) is 0 Å². The minimum Gasteiger partial charge on any atom is -0.385 e. The Balaban J connectivity index is 2.78. The molecule has 1 aromatic rings. The molecule has 5 heteroatoms. The van der Waals surface area contributed by atoms with Gasteiger partial charge in [0.2, 0.25) is 0 Å². The van der Waals surface area contributed by atoms with E-state index in [9.17, 15) is 8.42 Å². The molecule has 0 aromatic heterocycles. The highest BCUT2D eigenvalue weighted by molar-refractivity contribution is 7.91. The Morgan fingerprint density at radius 2 is 1.95 bits per heavy atom. The van der Waals surface area contributed by atoms with Crippen molar-refractivity contribution >= 4 is 9.84 Å². The molecule has 0 spiro atoms. The Labute approximate surface area is 122 Å².